The van der Waals surface area contributed by atoms with Crippen LogP contribution >= 0.6 is 11.6 Å². The molecule has 0 unspecified atom stereocenters. The predicted molar refractivity (Wildman–Crippen MR) is 85.9 cm³/mol. The number of nitrogens with one attached hydrogen (secondary N) is 1. The normalized spacial score (nSPS) is 11.1. The first-order valence-corrected chi connectivity index (χ1v) is 7.45. The molecule has 0 bridgehead atoms. The van der Waals surface area contributed by atoms with Gasteiger partial charge in [-0.05, 0) is 30.7 Å². The number of hydrogen-bond acceptors (Lipinski definition) is 3. The summed E-state index contributed by atoms with van der Waals surface area (Å²) < 4.78 is 1.84. The quantitative estimate of drug-likeness (QED) is 0.733. The number of aromatic nitrogens is 3. The first kappa shape index (κ1) is 14.0. The lowest BCUT2D eigenvalue weighted by atomic mass is 10.2. The maximum atomic E-state index is 6.22. The van der Waals surface area contributed by atoms with E-state index in [0.29, 0.717) is 5.02 Å². The molecule has 5 heteroatoms. The summed E-state index contributed by atoms with van der Waals surface area (Å²) in [5.41, 5.74) is 2.08. The molecule has 0 aliphatic heterocycles. The molecule has 0 saturated carbocycles. The van der Waals surface area contributed by atoms with Crippen molar-refractivity contribution in [2.75, 3.05) is 6.54 Å². The van der Waals surface area contributed by atoms with Crippen LogP contribution in [0.4, 0.5) is 0 Å². The number of benzene rings is 1. The highest BCUT2D eigenvalue weighted by Crippen LogP contribution is 2.21. The Morgan fingerprint density at radius 2 is 2.10 bits per heavy atom. The average Bonchev–Trinajstić information content (AvgIpc) is 2.93. The van der Waals surface area contributed by atoms with Crippen LogP contribution in [0.25, 0.3) is 16.7 Å². The fourth-order valence-electron chi connectivity index (χ4n) is 2.27. The van der Waals surface area contributed by atoms with Gasteiger partial charge in [0.2, 0.25) is 0 Å². The second-order valence-corrected chi connectivity index (χ2v) is 5.33. The molecule has 108 valence electrons. The van der Waals surface area contributed by atoms with Crippen LogP contribution in [-0.2, 0) is 6.54 Å². The van der Waals surface area contributed by atoms with Crippen LogP contribution < -0.4 is 5.32 Å². The van der Waals surface area contributed by atoms with Gasteiger partial charge in [0.25, 0.3) is 0 Å². The Morgan fingerprint density at radius 1 is 1.24 bits per heavy atom. The molecule has 0 saturated heterocycles. The van der Waals surface area contributed by atoms with Crippen LogP contribution in [0.15, 0.2) is 42.7 Å². The first-order valence-electron chi connectivity index (χ1n) is 7.08. The average molecular weight is 301 g/mol. The molecule has 0 amide bonds. The van der Waals surface area contributed by atoms with Gasteiger partial charge in [-0.3, -0.25) is 0 Å². The van der Waals surface area contributed by atoms with Gasteiger partial charge in [-0.1, -0.05) is 36.7 Å². The van der Waals surface area contributed by atoms with Crippen molar-refractivity contribution >= 4 is 22.5 Å². The molecule has 2 aromatic heterocycles. The van der Waals surface area contributed by atoms with Crippen molar-refractivity contribution in [1.29, 1.82) is 0 Å². The second kappa shape index (κ2) is 6.24. The Hall–Kier alpha value is -1.91. The highest BCUT2D eigenvalue weighted by atomic mass is 35.5. The lowest BCUT2D eigenvalue weighted by Crippen LogP contribution is -2.14. The summed E-state index contributed by atoms with van der Waals surface area (Å²) in [7, 11) is 0. The molecule has 3 rings (SSSR count). The predicted octanol–water partition coefficient (Wildman–Crippen LogP) is 3.57. The monoisotopic (exact) mass is 300 g/mol. The smallest absolute Gasteiger partial charge is 0.154 e. The number of para-hydroxylation sites is 1. The van der Waals surface area contributed by atoms with Crippen molar-refractivity contribution in [2.45, 2.75) is 19.9 Å². The molecular weight excluding hydrogens is 284 g/mol. The molecule has 21 heavy (non-hydrogen) atoms. The third-order valence-electron chi connectivity index (χ3n) is 3.36. The third kappa shape index (κ3) is 2.91. The first-order chi connectivity index (χ1) is 10.3. The van der Waals surface area contributed by atoms with Gasteiger partial charge in [-0.2, -0.15) is 5.10 Å². The molecule has 0 aliphatic carbocycles. The van der Waals surface area contributed by atoms with E-state index in [2.05, 4.69) is 22.3 Å². The molecule has 0 atom stereocenters. The lowest BCUT2D eigenvalue weighted by molar-refractivity contribution is 0.674. The van der Waals surface area contributed by atoms with Crippen LogP contribution in [0, 0.1) is 0 Å². The fourth-order valence-corrected chi connectivity index (χ4v) is 2.44. The molecule has 0 spiro atoms. The Labute approximate surface area is 128 Å². The highest BCUT2D eigenvalue weighted by molar-refractivity contribution is 6.31. The molecule has 1 aromatic carbocycles. The number of nitrogens with zero attached hydrogens (tertiary/aromatic N) is 3. The SMILES string of the molecule is CCCNCc1cc(-n2ncc3ccccc32)ncc1Cl. The Morgan fingerprint density at radius 3 is 2.95 bits per heavy atom. The van der Waals surface area contributed by atoms with Crippen LogP contribution in [0.3, 0.4) is 0 Å². The van der Waals surface area contributed by atoms with Crippen molar-refractivity contribution in [1.82, 2.24) is 20.1 Å². The maximum Gasteiger partial charge on any atom is 0.154 e. The molecule has 3 aromatic rings. The maximum absolute atomic E-state index is 6.22. The van der Waals surface area contributed by atoms with Gasteiger partial charge in [-0.15, -0.1) is 0 Å². The van der Waals surface area contributed by atoms with E-state index in [4.69, 9.17) is 11.6 Å². The Kier molecular flexibility index (Phi) is 4.18. The molecule has 0 aliphatic rings. The molecule has 1 N–H and O–H groups in total. The van der Waals surface area contributed by atoms with E-state index < -0.39 is 0 Å². The van der Waals surface area contributed by atoms with Crippen molar-refractivity contribution in [3.05, 3.63) is 53.3 Å². The van der Waals surface area contributed by atoms with E-state index in [0.717, 1.165) is 41.8 Å². The third-order valence-corrected chi connectivity index (χ3v) is 3.70. The van der Waals surface area contributed by atoms with Crippen molar-refractivity contribution < 1.29 is 0 Å². The lowest BCUT2D eigenvalue weighted by Gasteiger charge is -2.08. The minimum Gasteiger partial charge on any atom is -0.313 e. The zero-order valence-corrected chi connectivity index (χ0v) is 12.6. The summed E-state index contributed by atoms with van der Waals surface area (Å²) in [5.74, 6) is 0.786. The number of rotatable bonds is 5. The van der Waals surface area contributed by atoms with Gasteiger partial charge in [0.05, 0.1) is 16.7 Å². The van der Waals surface area contributed by atoms with Gasteiger partial charge in [-0.25, -0.2) is 9.67 Å². The van der Waals surface area contributed by atoms with E-state index in [1.807, 2.05) is 41.2 Å². The van der Waals surface area contributed by atoms with Gasteiger partial charge < -0.3 is 5.32 Å². The Balaban J connectivity index is 1.97. The van der Waals surface area contributed by atoms with Crippen molar-refractivity contribution in [3.8, 4) is 5.82 Å². The second-order valence-electron chi connectivity index (χ2n) is 4.93. The van der Waals surface area contributed by atoms with E-state index in [1.165, 1.54) is 0 Å². The molecule has 2 heterocycles. The number of hydrogen-bond donors (Lipinski definition) is 1. The topological polar surface area (TPSA) is 42.7 Å². The zero-order valence-electron chi connectivity index (χ0n) is 11.9. The molecule has 0 fully saturated rings. The number of pyridine rings is 1. The van der Waals surface area contributed by atoms with Crippen molar-refractivity contribution in [3.63, 3.8) is 0 Å². The minimum atomic E-state index is 0.679. The van der Waals surface area contributed by atoms with Gasteiger partial charge in [0, 0.05) is 18.1 Å². The summed E-state index contributed by atoms with van der Waals surface area (Å²) in [6, 6.07) is 10.1. The fraction of sp³-hybridized carbons (Fsp3) is 0.250. The van der Waals surface area contributed by atoms with Crippen molar-refractivity contribution in [2.24, 2.45) is 0 Å². The van der Waals surface area contributed by atoms with Gasteiger partial charge in [0.1, 0.15) is 0 Å². The standard InChI is InChI=1S/C16H17ClN4/c1-2-7-18-9-13-8-16(19-11-14(13)17)21-15-6-4-3-5-12(15)10-20-21/h3-6,8,10-11,18H,2,7,9H2,1H3. The zero-order chi connectivity index (χ0) is 14.7. The van der Waals surface area contributed by atoms with Crippen LogP contribution in [0.1, 0.15) is 18.9 Å². The minimum absolute atomic E-state index is 0.679. The summed E-state index contributed by atoms with van der Waals surface area (Å²) in [4.78, 5) is 4.40. The summed E-state index contributed by atoms with van der Waals surface area (Å²) in [6.45, 7) is 3.85. The largest absolute Gasteiger partial charge is 0.313 e. The Bertz CT molecular complexity index is 751. The summed E-state index contributed by atoms with van der Waals surface area (Å²) >= 11 is 6.22. The number of halogens is 1. The summed E-state index contributed by atoms with van der Waals surface area (Å²) in [5, 5.41) is 9.56. The molecule has 4 nitrogen and oxygen atoms in total. The van der Waals surface area contributed by atoms with Gasteiger partial charge in [0.15, 0.2) is 5.82 Å². The van der Waals surface area contributed by atoms with E-state index in [-0.39, 0.29) is 0 Å². The highest BCUT2D eigenvalue weighted by Gasteiger charge is 2.08. The van der Waals surface area contributed by atoms with E-state index >= 15 is 0 Å². The van der Waals surface area contributed by atoms with Crippen LogP contribution in [0.5, 0.6) is 0 Å². The molecule has 0 radical (unpaired) electrons. The molecular formula is C16H17ClN4. The number of fused-ring (bicyclic) bond motifs is 1. The van der Waals surface area contributed by atoms with E-state index in [1.54, 1.807) is 6.20 Å². The van der Waals surface area contributed by atoms with Gasteiger partial charge >= 0.3 is 0 Å². The van der Waals surface area contributed by atoms with Crippen LogP contribution in [-0.4, -0.2) is 21.3 Å². The van der Waals surface area contributed by atoms with Crippen LogP contribution in [0.2, 0.25) is 5.02 Å². The van der Waals surface area contributed by atoms with E-state index in [9.17, 15) is 0 Å². The summed E-state index contributed by atoms with van der Waals surface area (Å²) in [6.07, 6.45) is 4.64.